The predicted molar refractivity (Wildman–Crippen MR) is 104 cm³/mol. The number of para-hydroxylation sites is 2. The first-order chi connectivity index (χ1) is 13.2. The predicted octanol–water partition coefficient (Wildman–Crippen LogP) is 3.12. The summed E-state index contributed by atoms with van der Waals surface area (Å²) in [5.74, 6) is 1.21. The highest BCUT2D eigenvalue weighted by molar-refractivity contribution is 5.83. The SMILES string of the molecule is COc1ccccc1N=Cc1ccc(OCC(=O)NC[C@@H]2CCCO2)cc1. The summed E-state index contributed by atoms with van der Waals surface area (Å²) in [6, 6.07) is 15.0. The van der Waals surface area contributed by atoms with Gasteiger partial charge in [-0.15, -0.1) is 0 Å². The number of aliphatic imine (C=N–C) groups is 1. The Kier molecular flexibility index (Phi) is 6.82. The zero-order valence-corrected chi connectivity index (χ0v) is 15.4. The molecule has 3 rings (SSSR count). The van der Waals surface area contributed by atoms with Crippen LogP contribution in [-0.2, 0) is 9.53 Å². The number of carbonyl (C=O) groups is 1. The van der Waals surface area contributed by atoms with Crippen molar-refractivity contribution in [2.24, 2.45) is 4.99 Å². The molecule has 1 aliphatic heterocycles. The molecule has 0 spiro atoms. The van der Waals surface area contributed by atoms with Gasteiger partial charge < -0.3 is 19.5 Å². The summed E-state index contributed by atoms with van der Waals surface area (Å²) in [4.78, 5) is 16.3. The zero-order chi connectivity index (χ0) is 18.9. The van der Waals surface area contributed by atoms with Crippen LogP contribution in [0.2, 0.25) is 0 Å². The molecule has 142 valence electrons. The molecule has 2 aromatic carbocycles. The maximum atomic E-state index is 11.8. The van der Waals surface area contributed by atoms with E-state index in [0.717, 1.165) is 36.4 Å². The topological polar surface area (TPSA) is 69.2 Å². The van der Waals surface area contributed by atoms with Crippen molar-refractivity contribution in [1.82, 2.24) is 5.32 Å². The minimum Gasteiger partial charge on any atom is -0.494 e. The Hall–Kier alpha value is -2.86. The minimum absolute atomic E-state index is 0.0125. The number of nitrogens with one attached hydrogen (secondary N) is 1. The van der Waals surface area contributed by atoms with Gasteiger partial charge in [0.1, 0.15) is 17.2 Å². The van der Waals surface area contributed by atoms with Crippen molar-refractivity contribution in [1.29, 1.82) is 0 Å². The van der Waals surface area contributed by atoms with Gasteiger partial charge in [-0.1, -0.05) is 12.1 Å². The summed E-state index contributed by atoms with van der Waals surface area (Å²) < 4.78 is 16.3. The lowest BCUT2D eigenvalue weighted by atomic mass is 10.2. The van der Waals surface area contributed by atoms with E-state index >= 15 is 0 Å². The van der Waals surface area contributed by atoms with Gasteiger partial charge in [-0.25, -0.2) is 0 Å². The van der Waals surface area contributed by atoms with Gasteiger partial charge in [0.15, 0.2) is 6.61 Å². The molecule has 1 saturated heterocycles. The van der Waals surface area contributed by atoms with Crippen LogP contribution in [0.3, 0.4) is 0 Å². The van der Waals surface area contributed by atoms with Crippen molar-refractivity contribution in [2.75, 3.05) is 26.9 Å². The molecule has 0 saturated carbocycles. The third-order valence-corrected chi connectivity index (χ3v) is 4.24. The molecular formula is C21H24N2O4. The summed E-state index contributed by atoms with van der Waals surface area (Å²) in [6.45, 7) is 1.31. The molecule has 1 fully saturated rings. The fraction of sp³-hybridized carbons (Fsp3) is 0.333. The number of ether oxygens (including phenoxy) is 3. The maximum Gasteiger partial charge on any atom is 0.258 e. The van der Waals surface area contributed by atoms with Crippen molar-refractivity contribution >= 4 is 17.8 Å². The molecule has 0 bridgehead atoms. The van der Waals surface area contributed by atoms with E-state index in [2.05, 4.69) is 10.3 Å². The quantitative estimate of drug-likeness (QED) is 0.727. The van der Waals surface area contributed by atoms with Gasteiger partial charge in [0.25, 0.3) is 5.91 Å². The van der Waals surface area contributed by atoms with Crippen LogP contribution in [0.1, 0.15) is 18.4 Å². The van der Waals surface area contributed by atoms with Crippen molar-refractivity contribution in [3.8, 4) is 11.5 Å². The zero-order valence-electron chi connectivity index (χ0n) is 15.4. The Bertz CT molecular complexity index is 768. The van der Waals surface area contributed by atoms with E-state index in [1.807, 2.05) is 48.5 Å². The van der Waals surface area contributed by atoms with E-state index in [0.29, 0.717) is 12.3 Å². The van der Waals surface area contributed by atoms with E-state index in [-0.39, 0.29) is 18.6 Å². The minimum atomic E-state index is -0.146. The molecule has 0 unspecified atom stereocenters. The number of hydrogen-bond donors (Lipinski definition) is 1. The molecule has 1 atom stereocenters. The summed E-state index contributed by atoms with van der Waals surface area (Å²) in [5.41, 5.74) is 1.69. The first-order valence-corrected chi connectivity index (χ1v) is 9.03. The van der Waals surface area contributed by atoms with Gasteiger partial charge in [0, 0.05) is 19.4 Å². The van der Waals surface area contributed by atoms with Crippen molar-refractivity contribution in [2.45, 2.75) is 18.9 Å². The van der Waals surface area contributed by atoms with Crippen molar-refractivity contribution in [3.63, 3.8) is 0 Å². The van der Waals surface area contributed by atoms with Gasteiger partial charge >= 0.3 is 0 Å². The Labute approximate surface area is 159 Å². The maximum absolute atomic E-state index is 11.8. The second kappa shape index (κ2) is 9.73. The lowest BCUT2D eigenvalue weighted by molar-refractivity contribution is -0.123. The third kappa shape index (κ3) is 5.82. The monoisotopic (exact) mass is 368 g/mol. The summed E-state index contributed by atoms with van der Waals surface area (Å²) in [6.07, 6.45) is 3.95. The van der Waals surface area contributed by atoms with E-state index in [4.69, 9.17) is 14.2 Å². The highest BCUT2D eigenvalue weighted by Gasteiger charge is 2.16. The fourth-order valence-electron chi connectivity index (χ4n) is 2.76. The van der Waals surface area contributed by atoms with Crippen LogP contribution in [0.4, 0.5) is 5.69 Å². The summed E-state index contributed by atoms with van der Waals surface area (Å²) >= 11 is 0. The van der Waals surface area contributed by atoms with Gasteiger partial charge in [0.2, 0.25) is 0 Å². The summed E-state index contributed by atoms with van der Waals surface area (Å²) in [7, 11) is 1.62. The Morgan fingerprint density at radius 2 is 2.07 bits per heavy atom. The van der Waals surface area contributed by atoms with Crippen LogP contribution in [0.5, 0.6) is 11.5 Å². The Balaban J connectivity index is 1.46. The van der Waals surface area contributed by atoms with Crippen molar-refractivity contribution < 1.29 is 19.0 Å². The second-order valence-electron chi connectivity index (χ2n) is 6.23. The lowest BCUT2D eigenvalue weighted by Crippen LogP contribution is -2.35. The van der Waals surface area contributed by atoms with Crippen LogP contribution in [0, 0.1) is 0 Å². The normalized spacial score (nSPS) is 16.4. The smallest absolute Gasteiger partial charge is 0.258 e. The fourth-order valence-corrected chi connectivity index (χ4v) is 2.76. The molecule has 0 aliphatic carbocycles. The standard InChI is InChI=1S/C21H24N2O4/c1-25-20-7-3-2-6-19(20)22-13-16-8-10-17(11-9-16)27-15-21(24)23-14-18-5-4-12-26-18/h2-3,6-11,13,18H,4-5,12,14-15H2,1H3,(H,23,24)/t18-/m0/s1. The number of methoxy groups -OCH3 is 1. The lowest BCUT2D eigenvalue weighted by Gasteiger charge is -2.11. The molecule has 0 radical (unpaired) electrons. The number of hydrogen-bond acceptors (Lipinski definition) is 5. The van der Waals surface area contributed by atoms with E-state index in [1.165, 1.54) is 0 Å². The van der Waals surface area contributed by atoms with Crippen LogP contribution >= 0.6 is 0 Å². The first-order valence-electron chi connectivity index (χ1n) is 9.03. The van der Waals surface area contributed by atoms with Crippen LogP contribution in [0.25, 0.3) is 0 Å². The average molecular weight is 368 g/mol. The molecule has 2 aromatic rings. The molecule has 1 heterocycles. The number of benzene rings is 2. The summed E-state index contributed by atoms with van der Waals surface area (Å²) in [5, 5.41) is 2.83. The molecule has 1 N–H and O–H groups in total. The van der Waals surface area contributed by atoms with E-state index < -0.39 is 0 Å². The molecule has 6 heteroatoms. The van der Waals surface area contributed by atoms with E-state index in [9.17, 15) is 4.79 Å². The van der Waals surface area contributed by atoms with Crippen LogP contribution < -0.4 is 14.8 Å². The molecule has 6 nitrogen and oxygen atoms in total. The number of carbonyl (C=O) groups excluding carboxylic acids is 1. The largest absolute Gasteiger partial charge is 0.494 e. The molecule has 1 aliphatic rings. The van der Waals surface area contributed by atoms with E-state index in [1.54, 1.807) is 13.3 Å². The van der Waals surface area contributed by atoms with Crippen molar-refractivity contribution in [3.05, 3.63) is 54.1 Å². The van der Waals surface area contributed by atoms with Gasteiger partial charge in [0.05, 0.1) is 13.2 Å². The molecule has 1 amide bonds. The van der Waals surface area contributed by atoms with Gasteiger partial charge in [-0.05, 0) is 54.8 Å². The highest BCUT2D eigenvalue weighted by Crippen LogP contribution is 2.26. The first kappa shape index (κ1) is 18.9. The Morgan fingerprint density at radius 3 is 2.81 bits per heavy atom. The molecular weight excluding hydrogens is 344 g/mol. The second-order valence-corrected chi connectivity index (χ2v) is 6.23. The molecule has 27 heavy (non-hydrogen) atoms. The average Bonchev–Trinajstić information content (AvgIpc) is 3.24. The van der Waals surface area contributed by atoms with Gasteiger partial charge in [-0.3, -0.25) is 9.79 Å². The number of rotatable bonds is 8. The number of amides is 1. The molecule has 0 aromatic heterocycles. The third-order valence-electron chi connectivity index (χ3n) is 4.24. The van der Waals surface area contributed by atoms with Crippen LogP contribution in [0.15, 0.2) is 53.5 Å². The Morgan fingerprint density at radius 1 is 1.26 bits per heavy atom. The highest BCUT2D eigenvalue weighted by atomic mass is 16.5. The van der Waals surface area contributed by atoms with Crippen LogP contribution in [-0.4, -0.2) is 45.1 Å². The van der Waals surface area contributed by atoms with Gasteiger partial charge in [-0.2, -0.15) is 0 Å². The number of nitrogens with zero attached hydrogens (tertiary/aromatic N) is 1.